The van der Waals surface area contributed by atoms with Gasteiger partial charge in [-0.2, -0.15) is 0 Å². The van der Waals surface area contributed by atoms with Crippen LogP contribution in [0.15, 0.2) is 12.7 Å². The maximum Gasteiger partial charge on any atom is 0.243 e. The molecule has 1 N–H and O–H groups in total. The molecule has 0 rings (SSSR count). The van der Waals surface area contributed by atoms with E-state index in [0.29, 0.717) is 6.04 Å². The van der Waals surface area contributed by atoms with Gasteiger partial charge in [0, 0.05) is 6.04 Å². The third kappa shape index (κ3) is 12.0. The number of amides is 1. The van der Waals surface area contributed by atoms with Crippen molar-refractivity contribution in [3.05, 3.63) is 12.7 Å². The molecule has 2 heteroatoms. The van der Waals surface area contributed by atoms with E-state index < -0.39 is 0 Å². The van der Waals surface area contributed by atoms with Crippen LogP contribution in [-0.4, -0.2) is 11.9 Å². The van der Waals surface area contributed by atoms with Crippen molar-refractivity contribution in [2.45, 2.75) is 90.5 Å². The van der Waals surface area contributed by atoms with Crippen LogP contribution in [-0.2, 0) is 4.79 Å². The van der Waals surface area contributed by atoms with Gasteiger partial charge < -0.3 is 5.32 Å². The van der Waals surface area contributed by atoms with Crippen molar-refractivity contribution in [1.82, 2.24) is 5.32 Å². The van der Waals surface area contributed by atoms with E-state index in [0.717, 1.165) is 12.8 Å². The maximum atomic E-state index is 11.4. The Hall–Kier alpha value is -0.790. The third-order valence-corrected chi connectivity index (χ3v) is 3.59. The van der Waals surface area contributed by atoms with E-state index >= 15 is 0 Å². The summed E-state index contributed by atoms with van der Waals surface area (Å²) >= 11 is 0. The second-order valence-electron chi connectivity index (χ2n) is 5.46. The highest BCUT2D eigenvalue weighted by Crippen LogP contribution is 2.13. The van der Waals surface area contributed by atoms with Crippen molar-refractivity contribution in [1.29, 1.82) is 0 Å². The van der Waals surface area contributed by atoms with Crippen LogP contribution in [0, 0.1) is 0 Å². The molecule has 1 amide bonds. The smallest absolute Gasteiger partial charge is 0.243 e. The largest absolute Gasteiger partial charge is 0.350 e. The first-order valence-electron chi connectivity index (χ1n) is 8.17. The Morgan fingerprint density at radius 1 is 0.947 bits per heavy atom. The second-order valence-corrected chi connectivity index (χ2v) is 5.46. The minimum atomic E-state index is -0.0209. The number of hydrogen-bond donors (Lipinski definition) is 1. The zero-order valence-electron chi connectivity index (χ0n) is 13.0. The number of hydrogen-bond acceptors (Lipinski definition) is 1. The number of rotatable bonds is 13. The summed E-state index contributed by atoms with van der Waals surface area (Å²) in [6.07, 6.45) is 15.2. The van der Waals surface area contributed by atoms with Gasteiger partial charge in [-0.3, -0.25) is 4.79 Å². The van der Waals surface area contributed by atoms with Crippen LogP contribution in [0.5, 0.6) is 0 Å². The van der Waals surface area contributed by atoms with Crippen LogP contribution in [0.1, 0.15) is 84.5 Å². The number of nitrogens with one attached hydrogen (secondary N) is 1. The van der Waals surface area contributed by atoms with Crippen LogP contribution in [0.4, 0.5) is 0 Å². The molecule has 0 aliphatic rings. The summed E-state index contributed by atoms with van der Waals surface area (Å²) in [6, 6.07) is 0.350. The van der Waals surface area contributed by atoms with Crippen LogP contribution >= 0.6 is 0 Å². The quantitative estimate of drug-likeness (QED) is 0.370. The lowest BCUT2D eigenvalue weighted by molar-refractivity contribution is -0.117. The first-order valence-corrected chi connectivity index (χ1v) is 8.17. The molecular weight excluding hydrogens is 234 g/mol. The first-order chi connectivity index (χ1) is 9.24. The van der Waals surface area contributed by atoms with E-state index in [2.05, 4.69) is 25.7 Å². The molecule has 0 aliphatic carbocycles. The number of unbranched alkanes of at least 4 members (excludes halogenated alkanes) is 7. The van der Waals surface area contributed by atoms with Gasteiger partial charge in [0.05, 0.1) is 0 Å². The molecule has 1 unspecified atom stereocenters. The Morgan fingerprint density at radius 2 is 1.42 bits per heavy atom. The van der Waals surface area contributed by atoms with Crippen LogP contribution in [0.3, 0.4) is 0 Å². The van der Waals surface area contributed by atoms with Gasteiger partial charge in [0.2, 0.25) is 5.91 Å². The molecule has 1 atom stereocenters. The Kier molecular flexibility index (Phi) is 13.1. The molecule has 0 spiro atoms. The van der Waals surface area contributed by atoms with Crippen molar-refractivity contribution in [2.75, 3.05) is 0 Å². The van der Waals surface area contributed by atoms with Gasteiger partial charge in [0.25, 0.3) is 0 Å². The molecule has 0 aliphatic heterocycles. The lowest BCUT2D eigenvalue weighted by Gasteiger charge is -2.17. The Morgan fingerprint density at radius 3 is 2.00 bits per heavy atom. The van der Waals surface area contributed by atoms with Gasteiger partial charge in [-0.15, -0.1) is 0 Å². The van der Waals surface area contributed by atoms with Crippen molar-refractivity contribution < 1.29 is 4.79 Å². The molecule has 19 heavy (non-hydrogen) atoms. The minimum Gasteiger partial charge on any atom is -0.350 e. The van der Waals surface area contributed by atoms with Crippen LogP contribution in [0.2, 0.25) is 0 Å². The van der Waals surface area contributed by atoms with E-state index in [1.165, 1.54) is 63.9 Å². The Bertz CT molecular complexity index is 225. The SMILES string of the molecule is C=CC(=O)NC(CCCCC)CCCCCCCC. The molecule has 112 valence electrons. The number of carbonyl (C=O) groups is 1. The fraction of sp³-hybridized carbons (Fsp3) is 0.824. The van der Waals surface area contributed by atoms with Gasteiger partial charge in [-0.05, 0) is 18.9 Å². The molecule has 0 saturated carbocycles. The van der Waals surface area contributed by atoms with Gasteiger partial charge in [-0.25, -0.2) is 0 Å². The van der Waals surface area contributed by atoms with Gasteiger partial charge in [0.1, 0.15) is 0 Å². The summed E-state index contributed by atoms with van der Waals surface area (Å²) in [7, 11) is 0. The highest BCUT2D eigenvalue weighted by Gasteiger charge is 2.09. The summed E-state index contributed by atoms with van der Waals surface area (Å²) < 4.78 is 0. The summed E-state index contributed by atoms with van der Waals surface area (Å²) in [6.45, 7) is 7.99. The van der Waals surface area contributed by atoms with E-state index in [1.54, 1.807) is 0 Å². The monoisotopic (exact) mass is 267 g/mol. The Labute approximate surface area is 120 Å². The molecule has 0 radical (unpaired) electrons. The topological polar surface area (TPSA) is 29.1 Å². The van der Waals surface area contributed by atoms with E-state index in [9.17, 15) is 4.79 Å². The molecule has 2 nitrogen and oxygen atoms in total. The lowest BCUT2D eigenvalue weighted by Crippen LogP contribution is -2.33. The van der Waals surface area contributed by atoms with Crippen molar-refractivity contribution in [3.8, 4) is 0 Å². The average molecular weight is 267 g/mol. The first kappa shape index (κ1) is 18.2. The molecule has 0 aromatic carbocycles. The molecular formula is C17H33NO. The van der Waals surface area contributed by atoms with Crippen molar-refractivity contribution in [2.24, 2.45) is 0 Å². The summed E-state index contributed by atoms with van der Waals surface area (Å²) in [4.78, 5) is 11.4. The van der Waals surface area contributed by atoms with Gasteiger partial charge in [-0.1, -0.05) is 78.2 Å². The summed E-state index contributed by atoms with van der Waals surface area (Å²) in [5.74, 6) is -0.0209. The second kappa shape index (κ2) is 13.6. The van der Waals surface area contributed by atoms with Crippen molar-refractivity contribution >= 4 is 5.91 Å². The highest BCUT2D eigenvalue weighted by atomic mass is 16.1. The fourth-order valence-electron chi connectivity index (χ4n) is 2.36. The van der Waals surface area contributed by atoms with Gasteiger partial charge >= 0.3 is 0 Å². The average Bonchev–Trinajstić information content (AvgIpc) is 2.42. The molecule has 0 fully saturated rings. The molecule has 0 aromatic heterocycles. The van der Waals surface area contributed by atoms with E-state index in [1.807, 2.05) is 0 Å². The molecule has 0 aromatic rings. The lowest BCUT2D eigenvalue weighted by atomic mass is 10.0. The standard InChI is InChI=1S/C17H33NO/c1-4-7-9-10-11-13-15-16(14-12-8-5-2)18-17(19)6-3/h6,16H,3-5,7-15H2,1-2H3,(H,18,19). The van der Waals surface area contributed by atoms with Crippen LogP contribution < -0.4 is 5.32 Å². The summed E-state index contributed by atoms with van der Waals surface area (Å²) in [5.41, 5.74) is 0. The highest BCUT2D eigenvalue weighted by molar-refractivity contribution is 5.87. The minimum absolute atomic E-state index is 0.0209. The zero-order chi connectivity index (χ0) is 14.3. The Balaban J connectivity index is 3.77. The molecule has 0 saturated heterocycles. The molecule has 0 bridgehead atoms. The van der Waals surface area contributed by atoms with Crippen molar-refractivity contribution in [3.63, 3.8) is 0 Å². The van der Waals surface area contributed by atoms with Gasteiger partial charge in [0.15, 0.2) is 0 Å². The maximum absolute atomic E-state index is 11.4. The van der Waals surface area contributed by atoms with Crippen LogP contribution in [0.25, 0.3) is 0 Å². The fourth-order valence-corrected chi connectivity index (χ4v) is 2.36. The zero-order valence-corrected chi connectivity index (χ0v) is 13.0. The summed E-state index contributed by atoms with van der Waals surface area (Å²) in [5, 5.41) is 3.07. The normalized spacial score (nSPS) is 12.1. The van der Waals surface area contributed by atoms with E-state index in [-0.39, 0.29) is 5.91 Å². The predicted octanol–water partition coefficient (Wildman–Crippen LogP) is 4.99. The third-order valence-electron chi connectivity index (χ3n) is 3.59. The van der Waals surface area contributed by atoms with E-state index in [4.69, 9.17) is 0 Å². The predicted molar refractivity (Wildman–Crippen MR) is 84.3 cm³/mol. The number of carbonyl (C=O) groups excluding carboxylic acids is 1. The molecule has 0 heterocycles.